The standard InChI is InChI=1S/C30H32ClF4N3O4/c31-22-3-1-2-21(29(11-12-29)30(33,34)35)24(22)26(39)37-23-14-18(27(40)38-13-10-19(32)15-38)8-9-20(23)25(36)16-4-6-17(7-5-16)28(41)42/h1-4,17-19H,5-15,36H2,(H,41,42). The van der Waals surface area contributed by atoms with Gasteiger partial charge in [-0.1, -0.05) is 29.8 Å². The van der Waals surface area contributed by atoms with Crippen LogP contribution >= 0.6 is 11.6 Å². The third-order valence-electron chi connectivity index (χ3n) is 9.03. The van der Waals surface area contributed by atoms with Gasteiger partial charge in [0.2, 0.25) is 5.91 Å². The molecule has 3 unspecified atom stereocenters. The quantitative estimate of drug-likeness (QED) is 0.403. The van der Waals surface area contributed by atoms with Gasteiger partial charge in [0.1, 0.15) is 6.17 Å². The molecule has 5 rings (SSSR count). The lowest BCUT2D eigenvalue weighted by Gasteiger charge is -2.30. The Morgan fingerprint density at radius 1 is 1.10 bits per heavy atom. The molecule has 7 nitrogen and oxygen atoms in total. The van der Waals surface area contributed by atoms with Gasteiger partial charge in [-0.05, 0) is 74.1 Å². The average molecular weight is 610 g/mol. The summed E-state index contributed by atoms with van der Waals surface area (Å²) >= 11 is 6.32. The van der Waals surface area contributed by atoms with Crippen molar-refractivity contribution >= 4 is 35.1 Å². The Hall–Kier alpha value is -3.21. The van der Waals surface area contributed by atoms with Crippen LogP contribution in [0.15, 0.2) is 46.1 Å². The van der Waals surface area contributed by atoms with Crippen molar-refractivity contribution in [2.45, 2.75) is 75.6 Å². The topological polar surface area (TPSA) is 113 Å². The van der Waals surface area contributed by atoms with Crippen LogP contribution in [0.3, 0.4) is 0 Å². The summed E-state index contributed by atoms with van der Waals surface area (Å²) in [7, 11) is 0. The first-order valence-corrected chi connectivity index (χ1v) is 14.5. The zero-order chi connectivity index (χ0) is 30.4. The summed E-state index contributed by atoms with van der Waals surface area (Å²) in [5.41, 5.74) is 5.56. The third-order valence-corrected chi connectivity index (χ3v) is 9.34. The smallest absolute Gasteiger partial charge is 0.398 e. The number of aliphatic carboxylic acids is 1. The first-order valence-electron chi connectivity index (χ1n) is 14.1. The van der Waals surface area contributed by atoms with Gasteiger partial charge in [0, 0.05) is 24.6 Å². The number of aliphatic imine (C=N–C) groups is 1. The third kappa shape index (κ3) is 5.72. The molecule has 0 bridgehead atoms. The number of carboxylic acid groups (broad SMARTS) is 1. The first-order chi connectivity index (χ1) is 19.8. The molecule has 42 heavy (non-hydrogen) atoms. The molecule has 1 aliphatic heterocycles. The number of hydrogen-bond acceptors (Lipinski definition) is 4. The Labute approximate surface area is 245 Å². The zero-order valence-electron chi connectivity index (χ0n) is 22.9. The van der Waals surface area contributed by atoms with Crippen LogP contribution in [0.4, 0.5) is 17.6 Å². The number of carboxylic acids is 1. The van der Waals surface area contributed by atoms with Gasteiger partial charge in [0.15, 0.2) is 0 Å². The Morgan fingerprint density at radius 3 is 2.38 bits per heavy atom. The molecule has 2 amide bonds. The van der Waals surface area contributed by atoms with Gasteiger partial charge in [-0.3, -0.25) is 14.4 Å². The van der Waals surface area contributed by atoms with Gasteiger partial charge in [0.05, 0.1) is 34.2 Å². The monoisotopic (exact) mass is 609 g/mol. The molecule has 12 heteroatoms. The minimum absolute atomic E-state index is 0.00326. The predicted octanol–water partition coefficient (Wildman–Crippen LogP) is 5.91. The fourth-order valence-corrected chi connectivity index (χ4v) is 6.61. The molecule has 1 saturated heterocycles. The maximum Gasteiger partial charge on any atom is 0.398 e. The summed E-state index contributed by atoms with van der Waals surface area (Å²) in [5, 5.41) is 9.18. The number of halogens is 5. The number of hydrogen-bond donors (Lipinski definition) is 2. The highest BCUT2D eigenvalue weighted by atomic mass is 35.5. The molecule has 0 spiro atoms. The molecule has 0 aromatic heterocycles. The van der Waals surface area contributed by atoms with E-state index in [4.69, 9.17) is 17.3 Å². The Balaban J connectivity index is 1.53. The average Bonchev–Trinajstić information content (AvgIpc) is 3.67. The highest BCUT2D eigenvalue weighted by Crippen LogP contribution is 2.60. The molecule has 3 aliphatic carbocycles. The minimum atomic E-state index is -4.58. The van der Waals surface area contributed by atoms with Crippen molar-refractivity contribution in [3.63, 3.8) is 0 Å². The van der Waals surface area contributed by atoms with Crippen LogP contribution in [-0.4, -0.2) is 58.9 Å². The summed E-state index contributed by atoms with van der Waals surface area (Å²) < 4.78 is 56.0. The van der Waals surface area contributed by atoms with Gasteiger partial charge in [-0.25, -0.2) is 9.38 Å². The van der Waals surface area contributed by atoms with Crippen molar-refractivity contribution in [1.82, 2.24) is 4.90 Å². The SMILES string of the molecule is NC(C1=CCC(C(=O)O)CC1)=C1CCC(C(=O)N2CCC(F)C2)CC1=NC(=O)c1c(Cl)cccc1C1(C(F)(F)F)CC1. The number of carbonyl (C=O) groups is 3. The lowest BCUT2D eigenvalue weighted by molar-refractivity contribution is -0.160. The Bertz CT molecular complexity index is 1400. The van der Waals surface area contributed by atoms with Crippen molar-refractivity contribution in [3.05, 3.63) is 57.3 Å². The van der Waals surface area contributed by atoms with Crippen LogP contribution in [-0.2, 0) is 15.0 Å². The number of rotatable bonds is 5. The van der Waals surface area contributed by atoms with Gasteiger partial charge in [-0.2, -0.15) is 13.2 Å². The van der Waals surface area contributed by atoms with Crippen LogP contribution < -0.4 is 5.73 Å². The van der Waals surface area contributed by atoms with Gasteiger partial charge >= 0.3 is 12.1 Å². The summed E-state index contributed by atoms with van der Waals surface area (Å²) in [6.07, 6.45) is -2.33. The van der Waals surface area contributed by atoms with Crippen LogP contribution in [0.5, 0.6) is 0 Å². The fraction of sp³-hybridized carbons (Fsp3) is 0.533. The molecular formula is C30H32ClF4N3O4. The summed E-state index contributed by atoms with van der Waals surface area (Å²) in [5.74, 6) is -3.25. The van der Waals surface area contributed by atoms with Crippen LogP contribution in [0.1, 0.15) is 73.7 Å². The summed E-state index contributed by atoms with van der Waals surface area (Å²) in [6.45, 7) is 0.276. The number of benzene rings is 1. The number of amides is 2. The lowest BCUT2D eigenvalue weighted by atomic mass is 9.79. The number of carbonyl (C=O) groups excluding carboxylic acids is 2. The number of allylic oxidation sites excluding steroid dienone is 3. The van der Waals surface area contributed by atoms with E-state index in [-0.39, 0.29) is 79.4 Å². The zero-order valence-corrected chi connectivity index (χ0v) is 23.6. The molecule has 226 valence electrons. The molecule has 3 atom stereocenters. The van der Waals surface area contributed by atoms with E-state index in [0.29, 0.717) is 36.1 Å². The molecule has 1 aromatic rings. The molecule has 0 radical (unpaired) electrons. The molecule has 3 fully saturated rings. The van der Waals surface area contributed by atoms with E-state index < -0.39 is 41.5 Å². The van der Waals surface area contributed by atoms with Crippen LogP contribution in [0.2, 0.25) is 5.02 Å². The molecule has 2 saturated carbocycles. The molecule has 1 aromatic carbocycles. The minimum Gasteiger partial charge on any atom is -0.481 e. The van der Waals surface area contributed by atoms with E-state index in [0.717, 1.165) is 0 Å². The van der Waals surface area contributed by atoms with E-state index in [2.05, 4.69) is 4.99 Å². The Kier molecular flexibility index (Phi) is 8.26. The van der Waals surface area contributed by atoms with Gasteiger partial charge < -0.3 is 15.7 Å². The van der Waals surface area contributed by atoms with Crippen LogP contribution in [0.25, 0.3) is 0 Å². The second-order valence-electron chi connectivity index (χ2n) is 11.6. The maximum atomic E-state index is 14.1. The molecule has 3 N–H and O–H groups in total. The Morgan fingerprint density at radius 2 is 1.81 bits per heavy atom. The van der Waals surface area contributed by atoms with Gasteiger partial charge in [-0.15, -0.1) is 0 Å². The second kappa shape index (κ2) is 11.5. The number of alkyl halides is 4. The van der Waals surface area contributed by atoms with E-state index in [9.17, 15) is 37.1 Å². The number of nitrogens with two attached hydrogens (primary N) is 1. The van der Waals surface area contributed by atoms with E-state index >= 15 is 0 Å². The predicted molar refractivity (Wildman–Crippen MR) is 148 cm³/mol. The van der Waals surface area contributed by atoms with Gasteiger partial charge in [0.25, 0.3) is 5.91 Å². The number of likely N-dealkylation sites (tertiary alicyclic amines) is 1. The van der Waals surface area contributed by atoms with E-state index in [1.165, 1.54) is 23.1 Å². The molecule has 4 aliphatic rings. The van der Waals surface area contributed by atoms with E-state index in [1.807, 2.05) is 0 Å². The highest BCUT2D eigenvalue weighted by molar-refractivity contribution is 6.34. The summed E-state index contributed by atoms with van der Waals surface area (Å²) in [6, 6.07) is 3.97. The molecular weight excluding hydrogens is 578 g/mol. The van der Waals surface area contributed by atoms with Crippen LogP contribution in [0, 0.1) is 11.8 Å². The van der Waals surface area contributed by atoms with Crippen molar-refractivity contribution < 1.29 is 37.1 Å². The number of nitrogens with zero attached hydrogens (tertiary/aromatic N) is 2. The lowest BCUT2D eigenvalue weighted by Crippen LogP contribution is -2.38. The maximum absolute atomic E-state index is 14.1. The molecule has 1 heterocycles. The normalized spacial score (nSPS) is 27.9. The van der Waals surface area contributed by atoms with Crippen molar-refractivity contribution in [2.75, 3.05) is 13.1 Å². The highest BCUT2D eigenvalue weighted by Gasteiger charge is 2.65. The second-order valence-corrected chi connectivity index (χ2v) is 12.1. The first kappa shape index (κ1) is 30.3. The summed E-state index contributed by atoms with van der Waals surface area (Å²) in [4.78, 5) is 44.0. The van der Waals surface area contributed by atoms with E-state index in [1.54, 1.807) is 6.08 Å². The largest absolute Gasteiger partial charge is 0.481 e. The fourth-order valence-electron chi connectivity index (χ4n) is 6.36. The van der Waals surface area contributed by atoms with Crippen molar-refractivity contribution in [3.8, 4) is 0 Å². The van der Waals surface area contributed by atoms with Crippen molar-refractivity contribution in [1.29, 1.82) is 0 Å². The van der Waals surface area contributed by atoms with Crippen molar-refractivity contribution in [2.24, 2.45) is 22.6 Å².